The summed E-state index contributed by atoms with van der Waals surface area (Å²) in [5.41, 5.74) is 0.987. The standard InChI is InChI=1S/C18H21F2N3O/c1-23(2)16(18-14(19)4-3-5-15(18)20)12-22-17(24)7-6-13-8-10-21-11-9-13/h3-5,8-11,16H,6-7,12H2,1-2H3,(H,22,24)/t16-/m0/s1. The molecule has 4 nitrogen and oxygen atoms in total. The number of carbonyl (C=O) groups excluding carboxylic acids is 1. The maximum Gasteiger partial charge on any atom is 0.220 e. The van der Waals surface area contributed by atoms with Crippen LogP contribution in [0.1, 0.15) is 23.6 Å². The van der Waals surface area contributed by atoms with Gasteiger partial charge in [-0.3, -0.25) is 9.78 Å². The van der Waals surface area contributed by atoms with Crippen molar-refractivity contribution in [3.8, 4) is 0 Å². The van der Waals surface area contributed by atoms with Crippen LogP contribution in [0.25, 0.3) is 0 Å². The lowest BCUT2D eigenvalue weighted by Crippen LogP contribution is -2.35. The van der Waals surface area contributed by atoms with Crippen LogP contribution >= 0.6 is 0 Å². The second kappa shape index (κ2) is 8.49. The molecular weight excluding hydrogens is 312 g/mol. The Morgan fingerprint density at radius 2 is 1.79 bits per heavy atom. The number of halogens is 2. The van der Waals surface area contributed by atoms with Crippen molar-refractivity contribution in [2.45, 2.75) is 18.9 Å². The molecule has 2 rings (SSSR count). The molecule has 0 radical (unpaired) electrons. The van der Waals surface area contributed by atoms with Crippen LogP contribution < -0.4 is 5.32 Å². The fraction of sp³-hybridized carbons (Fsp3) is 0.333. The Morgan fingerprint density at radius 3 is 2.38 bits per heavy atom. The third kappa shape index (κ3) is 4.83. The van der Waals surface area contributed by atoms with Crippen molar-refractivity contribution in [1.82, 2.24) is 15.2 Å². The van der Waals surface area contributed by atoms with Gasteiger partial charge in [0, 0.05) is 30.9 Å². The van der Waals surface area contributed by atoms with E-state index < -0.39 is 17.7 Å². The first-order valence-corrected chi connectivity index (χ1v) is 7.75. The third-order valence-electron chi connectivity index (χ3n) is 3.84. The molecule has 6 heteroatoms. The number of pyridine rings is 1. The molecule has 24 heavy (non-hydrogen) atoms. The van der Waals surface area contributed by atoms with Crippen molar-refractivity contribution in [2.75, 3.05) is 20.6 Å². The lowest BCUT2D eigenvalue weighted by Gasteiger charge is -2.25. The molecule has 0 bridgehead atoms. The minimum Gasteiger partial charge on any atom is -0.354 e. The molecule has 0 aliphatic rings. The second-order valence-corrected chi connectivity index (χ2v) is 5.77. The number of rotatable bonds is 7. The molecule has 0 fully saturated rings. The summed E-state index contributed by atoms with van der Waals surface area (Å²) in [5, 5.41) is 2.76. The predicted molar refractivity (Wildman–Crippen MR) is 88.4 cm³/mol. The number of nitrogens with zero attached hydrogens (tertiary/aromatic N) is 2. The topological polar surface area (TPSA) is 45.2 Å². The summed E-state index contributed by atoms with van der Waals surface area (Å²) >= 11 is 0. The van der Waals surface area contributed by atoms with Crippen molar-refractivity contribution < 1.29 is 13.6 Å². The minimum atomic E-state index is -0.611. The van der Waals surface area contributed by atoms with Gasteiger partial charge in [-0.15, -0.1) is 0 Å². The van der Waals surface area contributed by atoms with Gasteiger partial charge in [-0.25, -0.2) is 8.78 Å². The maximum atomic E-state index is 14.0. The van der Waals surface area contributed by atoms with E-state index in [0.29, 0.717) is 12.8 Å². The van der Waals surface area contributed by atoms with Crippen molar-refractivity contribution in [3.63, 3.8) is 0 Å². The van der Waals surface area contributed by atoms with Crippen LogP contribution in [0.2, 0.25) is 0 Å². The number of aryl methyl sites for hydroxylation is 1. The first kappa shape index (κ1) is 18.0. The van der Waals surface area contributed by atoms with E-state index in [0.717, 1.165) is 5.56 Å². The third-order valence-corrected chi connectivity index (χ3v) is 3.84. The molecule has 1 heterocycles. The number of benzene rings is 1. The summed E-state index contributed by atoms with van der Waals surface area (Å²) in [5.74, 6) is -1.38. The van der Waals surface area contributed by atoms with E-state index >= 15 is 0 Å². The molecule has 0 saturated heterocycles. The van der Waals surface area contributed by atoms with Crippen molar-refractivity contribution >= 4 is 5.91 Å². The highest BCUT2D eigenvalue weighted by Crippen LogP contribution is 2.23. The maximum absolute atomic E-state index is 14.0. The molecule has 1 aromatic heterocycles. The Hall–Kier alpha value is -2.34. The molecule has 2 aromatic rings. The van der Waals surface area contributed by atoms with Crippen LogP contribution in [0.15, 0.2) is 42.7 Å². The van der Waals surface area contributed by atoms with Gasteiger partial charge < -0.3 is 10.2 Å². The predicted octanol–water partition coefficient (Wildman–Crippen LogP) is 2.71. The average molecular weight is 333 g/mol. The fourth-order valence-electron chi connectivity index (χ4n) is 2.48. The van der Waals surface area contributed by atoms with Gasteiger partial charge >= 0.3 is 0 Å². The molecule has 0 saturated carbocycles. The van der Waals surface area contributed by atoms with E-state index in [-0.39, 0.29) is 18.0 Å². The number of carbonyl (C=O) groups is 1. The van der Waals surface area contributed by atoms with Gasteiger partial charge in [-0.05, 0) is 50.3 Å². The summed E-state index contributed by atoms with van der Waals surface area (Å²) in [7, 11) is 3.44. The fourth-order valence-corrected chi connectivity index (χ4v) is 2.48. The molecule has 1 N–H and O–H groups in total. The Labute approximate surface area is 140 Å². The molecule has 1 amide bonds. The van der Waals surface area contributed by atoms with Gasteiger partial charge in [0.25, 0.3) is 0 Å². The van der Waals surface area contributed by atoms with Crippen LogP contribution in [-0.4, -0.2) is 36.4 Å². The molecule has 0 aliphatic heterocycles. The molecular formula is C18H21F2N3O. The van der Waals surface area contributed by atoms with E-state index in [2.05, 4.69) is 10.3 Å². The van der Waals surface area contributed by atoms with Gasteiger partial charge in [0.05, 0.1) is 6.04 Å². The number of likely N-dealkylation sites (N-methyl/N-ethyl adjacent to an activating group) is 1. The molecule has 1 atom stereocenters. The van der Waals surface area contributed by atoms with Crippen molar-refractivity contribution in [2.24, 2.45) is 0 Å². The number of amides is 1. The van der Waals surface area contributed by atoms with Gasteiger partial charge in [-0.1, -0.05) is 6.07 Å². The van der Waals surface area contributed by atoms with Crippen LogP contribution in [0.4, 0.5) is 8.78 Å². The summed E-state index contributed by atoms with van der Waals surface area (Å²) < 4.78 is 27.9. The first-order chi connectivity index (χ1) is 11.5. The molecule has 128 valence electrons. The Balaban J connectivity index is 1.95. The van der Waals surface area contributed by atoms with Crippen molar-refractivity contribution in [1.29, 1.82) is 0 Å². The monoisotopic (exact) mass is 333 g/mol. The van der Waals surface area contributed by atoms with Gasteiger partial charge in [-0.2, -0.15) is 0 Å². The highest BCUT2D eigenvalue weighted by Gasteiger charge is 2.22. The van der Waals surface area contributed by atoms with Crippen LogP contribution in [0, 0.1) is 11.6 Å². The Morgan fingerprint density at radius 1 is 1.17 bits per heavy atom. The largest absolute Gasteiger partial charge is 0.354 e. The number of hydrogen-bond acceptors (Lipinski definition) is 3. The van der Waals surface area contributed by atoms with Crippen LogP contribution in [-0.2, 0) is 11.2 Å². The van der Waals surface area contributed by atoms with E-state index in [9.17, 15) is 13.6 Å². The van der Waals surface area contributed by atoms with Gasteiger partial charge in [0.15, 0.2) is 0 Å². The highest BCUT2D eigenvalue weighted by molar-refractivity contribution is 5.76. The minimum absolute atomic E-state index is 0.0306. The summed E-state index contributed by atoms with van der Waals surface area (Å²) in [6.45, 7) is 0.139. The molecule has 0 unspecified atom stereocenters. The van der Waals surface area contributed by atoms with E-state index in [1.165, 1.54) is 18.2 Å². The first-order valence-electron chi connectivity index (χ1n) is 7.75. The smallest absolute Gasteiger partial charge is 0.220 e. The summed E-state index contributed by atoms with van der Waals surface area (Å²) in [6.07, 6.45) is 4.26. The Bertz CT molecular complexity index is 657. The molecule has 0 spiro atoms. The van der Waals surface area contributed by atoms with Gasteiger partial charge in [0.2, 0.25) is 5.91 Å². The average Bonchev–Trinajstić information content (AvgIpc) is 2.56. The van der Waals surface area contributed by atoms with Gasteiger partial charge in [0.1, 0.15) is 11.6 Å². The normalized spacial score (nSPS) is 12.2. The van der Waals surface area contributed by atoms with Crippen LogP contribution in [0.5, 0.6) is 0 Å². The molecule has 0 aliphatic carbocycles. The zero-order chi connectivity index (χ0) is 17.5. The lowest BCUT2D eigenvalue weighted by atomic mass is 10.0. The number of nitrogens with one attached hydrogen (secondary N) is 1. The van der Waals surface area contributed by atoms with E-state index in [1.54, 1.807) is 31.4 Å². The Kier molecular flexibility index (Phi) is 6.37. The van der Waals surface area contributed by atoms with Crippen molar-refractivity contribution in [3.05, 3.63) is 65.5 Å². The van der Waals surface area contributed by atoms with E-state index in [4.69, 9.17) is 0 Å². The SMILES string of the molecule is CN(C)[C@@H](CNC(=O)CCc1ccncc1)c1c(F)cccc1F. The summed E-state index contributed by atoms with van der Waals surface area (Å²) in [6, 6.07) is 6.90. The highest BCUT2D eigenvalue weighted by atomic mass is 19.1. The lowest BCUT2D eigenvalue weighted by molar-refractivity contribution is -0.121. The second-order valence-electron chi connectivity index (χ2n) is 5.77. The van der Waals surface area contributed by atoms with E-state index in [1.807, 2.05) is 12.1 Å². The number of hydrogen-bond donors (Lipinski definition) is 1. The molecule has 1 aromatic carbocycles. The zero-order valence-electron chi connectivity index (χ0n) is 13.8. The quantitative estimate of drug-likeness (QED) is 0.847. The number of aromatic nitrogens is 1. The van der Waals surface area contributed by atoms with Crippen LogP contribution in [0.3, 0.4) is 0 Å². The summed E-state index contributed by atoms with van der Waals surface area (Å²) in [4.78, 5) is 17.6. The zero-order valence-corrected chi connectivity index (χ0v) is 13.8.